The highest BCUT2D eigenvalue weighted by molar-refractivity contribution is 7.99. The van der Waals surface area contributed by atoms with Gasteiger partial charge in [0.05, 0.1) is 22.7 Å². The third-order valence-corrected chi connectivity index (χ3v) is 13.3. The lowest BCUT2D eigenvalue weighted by atomic mass is 9.94. The molecule has 0 saturated carbocycles. The minimum Gasteiger partial charge on any atom is -0.309 e. The highest BCUT2D eigenvalue weighted by Gasteiger charge is 2.26. The largest absolute Gasteiger partial charge is 0.309 e. The van der Waals surface area contributed by atoms with E-state index in [9.17, 15) is 0 Å². The van der Waals surface area contributed by atoms with Gasteiger partial charge in [-0.2, -0.15) is 0 Å². The van der Waals surface area contributed by atoms with Gasteiger partial charge in [0.15, 0.2) is 0 Å². The molecule has 0 radical (unpaired) electrons. The Kier molecular flexibility index (Phi) is 6.47. The van der Waals surface area contributed by atoms with E-state index in [1.54, 1.807) is 0 Å². The number of nitrogens with zero attached hydrogens (tertiary/aromatic N) is 2. The summed E-state index contributed by atoms with van der Waals surface area (Å²) >= 11 is 3.80. The van der Waals surface area contributed by atoms with Gasteiger partial charge in [-0.15, -0.1) is 11.3 Å². The lowest BCUT2D eigenvalue weighted by Crippen LogP contribution is -2.12. The zero-order chi connectivity index (χ0) is 35.3. The highest BCUT2D eigenvalue weighted by Crippen LogP contribution is 2.54. The summed E-state index contributed by atoms with van der Waals surface area (Å²) in [6.07, 6.45) is 8.95. The second-order valence-electron chi connectivity index (χ2n) is 14.1. The minimum atomic E-state index is 1.17. The normalized spacial score (nSPS) is 13.6. The van der Waals surface area contributed by atoms with Gasteiger partial charge in [-0.25, -0.2) is 0 Å². The molecule has 252 valence electrons. The zero-order valence-corrected chi connectivity index (χ0v) is 30.7. The molecule has 4 heterocycles. The molecule has 12 rings (SSSR count). The number of thiophene rings is 1. The molecule has 2 nitrogen and oxygen atoms in total. The van der Waals surface area contributed by atoms with E-state index in [2.05, 4.69) is 192 Å². The van der Waals surface area contributed by atoms with Crippen LogP contribution < -0.4 is 9.80 Å². The molecule has 0 bridgehead atoms. The summed E-state index contributed by atoms with van der Waals surface area (Å²) in [5.41, 5.74) is 14.6. The van der Waals surface area contributed by atoms with E-state index >= 15 is 0 Å². The molecule has 8 aromatic carbocycles. The van der Waals surface area contributed by atoms with Crippen molar-refractivity contribution in [3.8, 4) is 11.1 Å². The zero-order valence-electron chi connectivity index (χ0n) is 29.0. The van der Waals surface area contributed by atoms with Crippen molar-refractivity contribution in [3.05, 3.63) is 180 Å². The molecule has 0 amide bonds. The first-order valence-corrected chi connectivity index (χ1v) is 20.0. The Bertz CT molecular complexity index is 3010. The van der Waals surface area contributed by atoms with Crippen LogP contribution in [0.3, 0.4) is 0 Å². The predicted molar refractivity (Wildman–Crippen MR) is 234 cm³/mol. The Morgan fingerprint density at radius 3 is 1.48 bits per heavy atom. The van der Waals surface area contributed by atoms with Crippen LogP contribution in [0.15, 0.2) is 168 Å². The average Bonchev–Trinajstić information content (AvgIpc) is 3.38. The lowest BCUT2D eigenvalue weighted by molar-refractivity contribution is 1.25. The molecule has 0 saturated heterocycles. The fourth-order valence-corrected chi connectivity index (χ4v) is 11.1. The predicted octanol–water partition coefficient (Wildman–Crippen LogP) is 15.2. The van der Waals surface area contributed by atoms with Crippen molar-refractivity contribution in [3.63, 3.8) is 0 Å². The van der Waals surface area contributed by atoms with E-state index in [0.717, 1.165) is 0 Å². The van der Waals surface area contributed by atoms with Crippen LogP contribution in [0.5, 0.6) is 0 Å². The molecule has 54 heavy (non-hydrogen) atoms. The molecular formula is C50H30N2S2. The molecule has 3 aliphatic rings. The number of benzene rings is 8. The van der Waals surface area contributed by atoms with E-state index in [-0.39, 0.29) is 0 Å². The van der Waals surface area contributed by atoms with Crippen LogP contribution in [0, 0.1) is 0 Å². The fourth-order valence-electron chi connectivity index (χ4n) is 8.72. The second-order valence-corrected chi connectivity index (χ2v) is 16.3. The number of hydrogen-bond acceptors (Lipinski definition) is 4. The number of anilines is 6. The lowest BCUT2D eigenvalue weighted by Gasteiger charge is -2.29. The summed E-state index contributed by atoms with van der Waals surface area (Å²) in [6, 6.07) is 58.2. The van der Waals surface area contributed by atoms with Gasteiger partial charge in [0.2, 0.25) is 0 Å². The first-order chi connectivity index (χ1) is 26.8. The van der Waals surface area contributed by atoms with Gasteiger partial charge in [0.1, 0.15) is 0 Å². The Hall–Kier alpha value is -6.33. The van der Waals surface area contributed by atoms with Crippen molar-refractivity contribution in [1.82, 2.24) is 0 Å². The van der Waals surface area contributed by atoms with Crippen LogP contribution in [0.2, 0.25) is 0 Å². The third kappa shape index (κ3) is 4.42. The first-order valence-electron chi connectivity index (χ1n) is 18.3. The first kappa shape index (κ1) is 30.2. The maximum Gasteiger partial charge on any atom is 0.0534 e. The maximum atomic E-state index is 2.46. The van der Waals surface area contributed by atoms with Crippen LogP contribution in [-0.2, 0) is 0 Å². The Balaban J connectivity index is 1.02. The van der Waals surface area contributed by atoms with Gasteiger partial charge in [-0.3, -0.25) is 0 Å². The summed E-state index contributed by atoms with van der Waals surface area (Å²) in [5, 5.41) is 5.36. The second kappa shape index (κ2) is 11.6. The molecule has 0 spiro atoms. The van der Waals surface area contributed by atoms with Gasteiger partial charge < -0.3 is 9.80 Å². The number of hydrogen-bond donors (Lipinski definition) is 0. The monoisotopic (exact) mass is 722 g/mol. The summed E-state index contributed by atoms with van der Waals surface area (Å²) in [7, 11) is 0. The topological polar surface area (TPSA) is 6.48 Å². The van der Waals surface area contributed by atoms with Gasteiger partial charge in [-0.1, -0.05) is 133 Å². The quantitative estimate of drug-likeness (QED) is 0.175. The van der Waals surface area contributed by atoms with Crippen molar-refractivity contribution in [2.24, 2.45) is 0 Å². The SMILES string of the molecule is C1=Cc2ccccc2N(c2ccc3c(c2)Sc2cccc4c2c-3cc2sc3cc(N5c6ccccc6C=Cc6ccccc65)ccc3c24)c2ccccc21. The molecule has 1 aromatic heterocycles. The summed E-state index contributed by atoms with van der Waals surface area (Å²) in [5.74, 6) is 0. The molecule has 0 unspecified atom stereocenters. The number of para-hydroxylation sites is 4. The van der Waals surface area contributed by atoms with Crippen molar-refractivity contribution in [2.75, 3.05) is 9.80 Å². The smallest absolute Gasteiger partial charge is 0.0534 e. The molecule has 0 N–H and O–H groups in total. The van der Waals surface area contributed by atoms with Crippen LogP contribution >= 0.6 is 23.1 Å². The Labute approximate surface area is 321 Å². The molecule has 3 aliphatic heterocycles. The standard InChI is InChI=1S/C50H30N2S2/c1-5-15-41-31(10-1)20-21-32-11-2-6-16-42(32)51(41)35-24-26-37-40-30-48-49(39-14-9-19-45(50(39)40)53-46(37)28-35)38-27-25-36(29-47(38)54-48)52-43-17-7-3-12-33(43)22-23-34-13-4-8-18-44(34)52/h1-30H. The van der Waals surface area contributed by atoms with Crippen LogP contribution in [0.4, 0.5) is 34.1 Å². The van der Waals surface area contributed by atoms with Crippen LogP contribution in [0.25, 0.3) is 66.4 Å². The number of rotatable bonds is 2. The summed E-state index contributed by atoms with van der Waals surface area (Å²) < 4.78 is 2.62. The molecule has 0 aliphatic carbocycles. The van der Waals surface area contributed by atoms with Gasteiger partial charge >= 0.3 is 0 Å². The van der Waals surface area contributed by atoms with E-state index < -0.39 is 0 Å². The fraction of sp³-hybridized carbons (Fsp3) is 0. The van der Waals surface area contributed by atoms with Gasteiger partial charge in [0, 0.05) is 46.7 Å². The van der Waals surface area contributed by atoms with E-state index in [4.69, 9.17) is 0 Å². The molecular weight excluding hydrogens is 693 g/mol. The maximum absolute atomic E-state index is 2.46. The van der Waals surface area contributed by atoms with Crippen LogP contribution in [0.1, 0.15) is 22.3 Å². The van der Waals surface area contributed by atoms with Crippen molar-refractivity contribution < 1.29 is 0 Å². The average molecular weight is 723 g/mol. The van der Waals surface area contributed by atoms with Crippen molar-refractivity contribution in [2.45, 2.75) is 9.79 Å². The van der Waals surface area contributed by atoms with Crippen molar-refractivity contribution in [1.29, 1.82) is 0 Å². The number of fused-ring (bicyclic) bond motifs is 10. The minimum absolute atomic E-state index is 1.17. The highest BCUT2D eigenvalue weighted by atomic mass is 32.2. The molecule has 4 heteroatoms. The van der Waals surface area contributed by atoms with Gasteiger partial charge in [-0.05, 0) is 99.4 Å². The van der Waals surface area contributed by atoms with Gasteiger partial charge in [0.25, 0.3) is 0 Å². The van der Waals surface area contributed by atoms with E-state index in [1.165, 1.54) is 108 Å². The molecule has 0 atom stereocenters. The summed E-state index contributed by atoms with van der Waals surface area (Å²) in [6.45, 7) is 0. The Morgan fingerprint density at radius 2 is 0.889 bits per heavy atom. The van der Waals surface area contributed by atoms with Crippen LogP contribution in [-0.4, -0.2) is 0 Å². The van der Waals surface area contributed by atoms with E-state index in [1.807, 2.05) is 23.1 Å². The van der Waals surface area contributed by atoms with E-state index in [0.29, 0.717) is 0 Å². The van der Waals surface area contributed by atoms with Crippen molar-refractivity contribution >= 4 is 112 Å². The molecule has 0 fully saturated rings. The summed E-state index contributed by atoms with van der Waals surface area (Å²) in [4.78, 5) is 7.44. The third-order valence-electron chi connectivity index (χ3n) is 11.1. The Morgan fingerprint density at radius 1 is 0.352 bits per heavy atom. The molecule has 9 aromatic rings.